The van der Waals surface area contributed by atoms with Gasteiger partial charge in [-0.25, -0.2) is 0 Å². The second kappa shape index (κ2) is 4.44. The molecule has 0 spiro atoms. The van der Waals surface area contributed by atoms with Crippen LogP contribution in [-0.4, -0.2) is 26.0 Å². The zero-order valence-corrected chi connectivity index (χ0v) is 11.0. The van der Waals surface area contributed by atoms with E-state index in [9.17, 15) is 4.79 Å². The Morgan fingerprint density at radius 3 is 2.14 bits per heavy atom. The molecule has 0 rings (SSSR count). The molecule has 0 saturated carbocycles. The van der Waals surface area contributed by atoms with Gasteiger partial charge in [0.05, 0.1) is 5.92 Å². The van der Waals surface area contributed by atoms with Crippen LogP contribution in [0.2, 0.25) is 18.1 Å². The van der Waals surface area contributed by atoms with Crippen LogP contribution in [0.1, 0.15) is 27.7 Å². The average Bonchev–Trinajstić information content (AvgIpc) is 1.97. The van der Waals surface area contributed by atoms with Crippen molar-refractivity contribution in [1.29, 1.82) is 0 Å². The predicted octanol–water partition coefficient (Wildman–Crippen LogP) is 2.73. The summed E-state index contributed by atoms with van der Waals surface area (Å²) < 4.78 is 5.78. The fraction of sp³-hybridized carbons (Fsp3) is 0.900. The minimum Gasteiger partial charge on any atom is -0.481 e. The van der Waals surface area contributed by atoms with E-state index in [0.717, 1.165) is 0 Å². The third-order valence-electron chi connectivity index (χ3n) is 2.92. The minimum absolute atomic E-state index is 0.144. The lowest BCUT2D eigenvalue weighted by atomic mass is 10.2. The van der Waals surface area contributed by atoms with E-state index < -0.39 is 20.2 Å². The van der Waals surface area contributed by atoms with Gasteiger partial charge >= 0.3 is 5.97 Å². The van der Waals surface area contributed by atoms with Gasteiger partial charge in [0.1, 0.15) is 0 Å². The molecule has 0 unspecified atom stereocenters. The average molecular weight is 218 g/mol. The van der Waals surface area contributed by atoms with E-state index in [1.807, 2.05) is 0 Å². The third-order valence-corrected chi connectivity index (χ3v) is 7.42. The Morgan fingerprint density at radius 2 is 1.86 bits per heavy atom. The van der Waals surface area contributed by atoms with E-state index >= 15 is 0 Å². The largest absolute Gasteiger partial charge is 0.481 e. The van der Waals surface area contributed by atoms with Gasteiger partial charge in [-0.2, -0.15) is 0 Å². The van der Waals surface area contributed by atoms with Crippen molar-refractivity contribution in [3.8, 4) is 0 Å². The van der Waals surface area contributed by atoms with Gasteiger partial charge in [0.25, 0.3) is 0 Å². The smallest absolute Gasteiger partial charge is 0.308 e. The molecular weight excluding hydrogens is 196 g/mol. The fourth-order valence-corrected chi connectivity index (χ4v) is 1.72. The monoisotopic (exact) mass is 218 g/mol. The third kappa shape index (κ3) is 3.80. The summed E-state index contributed by atoms with van der Waals surface area (Å²) >= 11 is 0. The summed E-state index contributed by atoms with van der Waals surface area (Å²) in [7, 11) is -1.78. The zero-order chi connectivity index (χ0) is 11.6. The predicted molar refractivity (Wildman–Crippen MR) is 59.9 cm³/mol. The van der Waals surface area contributed by atoms with Gasteiger partial charge in [-0.05, 0) is 25.1 Å². The van der Waals surface area contributed by atoms with Crippen LogP contribution in [0.3, 0.4) is 0 Å². The molecule has 0 aromatic rings. The normalized spacial score (nSPS) is 15.3. The Balaban J connectivity index is 4.20. The SMILES string of the molecule is C[C@@H](CO[Si](C)(C)C(C)(C)C)C(=O)O. The van der Waals surface area contributed by atoms with Gasteiger partial charge in [-0.3, -0.25) is 4.79 Å². The molecule has 0 aliphatic carbocycles. The van der Waals surface area contributed by atoms with Crippen LogP contribution in [0.4, 0.5) is 0 Å². The summed E-state index contributed by atoms with van der Waals surface area (Å²) in [5.74, 6) is -1.20. The first kappa shape index (κ1) is 13.6. The molecule has 0 aromatic carbocycles. The maximum Gasteiger partial charge on any atom is 0.308 e. The highest BCUT2D eigenvalue weighted by Crippen LogP contribution is 2.36. The Labute approximate surface area is 87.6 Å². The van der Waals surface area contributed by atoms with Crippen LogP contribution in [-0.2, 0) is 9.22 Å². The summed E-state index contributed by atoms with van der Waals surface area (Å²) in [5.41, 5.74) is 0. The number of carboxylic acid groups (broad SMARTS) is 1. The highest BCUT2D eigenvalue weighted by molar-refractivity contribution is 6.74. The van der Waals surface area contributed by atoms with E-state index in [4.69, 9.17) is 9.53 Å². The van der Waals surface area contributed by atoms with Crippen LogP contribution in [0.5, 0.6) is 0 Å². The van der Waals surface area contributed by atoms with Crippen molar-refractivity contribution in [3.63, 3.8) is 0 Å². The van der Waals surface area contributed by atoms with Crippen molar-refractivity contribution in [1.82, 2.24) is 0 Å². The quantitative estimate of drug-likeness (QED) is 0.738. The van der Waals surface area contributed by atoms with E-state index in [1.165, 1.54) is 0 Å². The van der Waals surface area contributed by atoms with E-state index in [1.54, 1.807) is 6.92 Å². The van der Waals surface area contributed by atoms with Crippen molar-refractivity contribution < 1.29 is 14.3 Å². The molecule has 0 aliphatic heterocycles. The lowest BCUT2D eigenvalue weighted by Crippen LogP contribution is -2.42. The number of hydrogen-bond acceptors (Lipinski definition) is 2. The molecule has 0 radical (unpaired) electrons. The van der Waals surface area contributed by atoms with Crippen LogP contribution in [0.25, 0.3) is 0 Å². The van der Waals surface area contributed by atoms with Crippen LogP contribution < -0.4 is 0 Å². The first-order valence-electron chi connectivity index (χ1n) is 4.94. The minimum atomic E-state index is -1.78. The van der Waals surface area contributed by atoms with Crippen molar-refractivity contribution in [2.75, 3.05) is 6.61 Å². The van der Waals surface area contributed by atoms with Gasteiger partial charge in [0.2, 0.25) is 0 Å². The van der Waals surface area contributed by atoms with Crippen molar-refractivity contribution >= 4 is 14.3 Å². The van der Waals surface area contributed by atoms with E-state index in [2.05, 4.69) is 33.9 Å². The van der Waals surface area contributed by atoms with Gasteiger partial charge in [-0.1, -0.05) is 20.8 Å². The molecule has 0 saturated heterocycles. The summed E-state index contributed by atoms with van der Waals surface area (Å²) in [6.07, 6.45) is 0. The molecule has 3 nitrogen and oxygen atoms in total. The Bertz CT molecular complexity index is 206. The molecule has 0 aliphatic rings. The number of hydrogen-bond donors (Lipinski definition) is 1. The first-order chi connectivity index (χ1) is 6.08. The van der Waals surface area contributed by atoms with Gasteiger partial charge < -0.3 is 9.53 Å². The summed E-state index contributed by atoms with van der Waals surface area (Å²) in [4.78, 5) is 10.6. The van der Waals surface area contributed by atoms with Gasteiger partial charge in [0, 0.05) is 6.61 Å². The molecule has 1 N–H and O–H groups in total. The summed E-state index contributed by atoms with van der Waals surface area (Å²) in [5, 5.41) is 8.86. The molecule has 0 aromatic heterocycles. The van der Waals surface area contributed by atoms with E-state index in [0.29, 0.717) is 6.61 Å². The molecule has 0 heterocycles. The maximum absolute atomic E-state index is 10.6. The summed E-state index contributed by atoms with van der Waals surface area (Å²) in [6, 6.07) is 0. The van der Waals surface area contributed by atoms with Gasteiger partial charge in [0.15, 0.2) is 8.32 Å². The summed E-state index contributed by atoms with van der Waals surface area (Å²) in [6.45, 7) is 12.7. The molecule has 0 fully saturated rings. The first-order valence-corrected chi connectivity index (χ1v) is 7.85. The fourth-order valence-electron chi connectivity index (χ4n) is 0.621. The lowest BCUT2D eigenvalue weighted by Gasteiger charge is -2.36. The van der Waals surface area contributed by atoms with Crippen LogP contribution in [0.15, 0.2) is 0 Å². The molecule has 14 heavy (non-hydrogen) atoms. The van der Waals surface area contributed by atoms with Crippen molar-refractivity contribution in [2.24, 2.45) is 5.92 Å². The molecule has 0 bridgehead atoms. The van der Waals surface area contributed by atoms with E-state index in [-0.39, 0.29) is 5.04 Å². The topological polar surface area (TPSA) is 46.5 Å². The second-order valence-corrected chi connectivity index (χ2v) is 10.1. The molecular formula is C10H22O3Si. The van der Waals surface area contributed by atoms with Crippen LogP contribution in [0, 0.1) is 5.92 Å². The Morgan fingerprint density at radius 1 is 1.43 bits per heavy atom. The van der Waals surface area contributed by atoms with Gasteiger partial charge in [-0.15, -0.1) is 0 Å². The molecule has 4 heteroatoms. The Kier molecular flexibility index (Phi) is 4.33. The lowest BCUT2D eigenvalue weighted by molar-refractivity contribution is -0.142. The highest BCUT2D eigenvalue weighted by atomic mass is 28.4. The Hall–Kier alpha value is -0.353. The second-order valence-electron chi connectivity index (χ2n) is 5.31. The van der Waals surface area contributed by atoms with Crippen LogP contribution >= 0.6 is 0 Å². The highest BCUT2D eigenvalue weighted by Gasteiger charge is 2.37. The van der Waals surface area contributed by atoms with Crippen molar-refractivity contribution in [2.45, 2.75) is 45.8 Å². The number of rotatable bonds is 4. The number of carboxylic acids is 1. The molecule has 1 atom stereocenters. The zero-order valence-electron chi connectivity index (χ0n) is 10.0. The molecule has 0 amide bonds. The van der Waals surface area contributed by atoms with Crippen molar-refractivity contribution in [3.05, 3.63) is 0 Å². The molecule has 84 valence electrons. The maximum atomic E-state index is 10.6. The number of aliphatic carboxylic acids is 1. The standard InChI is InChI=1S/C10H22O3Si/c1-8(9(11)12)7-13-14(5,6)10(2,3)4/h8H,7H2,1-6H3,(H,11,12)/t8-/m0/s1. The number of carbonyl (C=O) groups is 1.